The van der Waals surface area contributed by atoms with E-state index in [1.54, 1.807) is 20.0 Å². The van der Waals surface area contributed by atoms with E-state index in [1.807, 2.05) is 47.6 Å². The minimum absolute atomic E-state index is 0.00472. The monoisotopic (exact) mass is 327 g/mol. The van der Waals surface area contributed by atoms with Gasteiger partial charge in [0.1, 0.15) is 5.82 Å². The van der Waals surface area contributed by atoms with Crippen LogP contribution in [0, 0.1) is 13.8 Å². The summed E-state index contributed by atoms with van der Waals surface area (Å²) in [6.45, 7) is 8.18. The Kier molecular flexibility index (Phi) is 4.22. The number of nitrogens with zero attached hydrogens (tertiary/aromatic N) is 3. The Morgan fingerprint density at radius 1 is 1.33 bits per heavy atom. The molecule has 1 amide bonds. The topological polar surface area (TPSA) is 58.4 Å². The van der Waals surface area contributed by atoms with Crippen LogP contribution in [-0.2, 0) is 0 Å². The molecule has 1 atom stereocenters. The molecule has 1 fully saturated rings. The van der Waals surface area contributed by atoms with Gasteiger partial charge in [-0.3, -0.25) is 4.79 Å². The van der Waals surface area contributed by atoms with Crippen LogP contribution < -0.4 is 0 Å². The van der Waals surface area contributed by atoms with Crippen molar-refractivity contribution in [3.8, 4) is 5.82 Å². The van der Waals surface area contributed by atoms with Crippen molar-refractivity contribution in [3.05, 3.63) is 47.4 Å². The highest BCUT2D eigenvalue weighted by Crippen LogP contribution is 2.30. The fourth-order valence-corrected chi connectivity index (χ4v) is 3.72. The summed E-state index contributed by atoms with van der Waals surface area (Å²) in [6, 6.07) is 7.54. The molecule has 1 saturated heterocycles. The zero-order valence-corrected chi connectivity index (χ0v) is 14.8. The molecule has 0 radical (unpaired) electrons. The lowest BCUT2D eigenvalue weighted by atomic mass is 9.96. The van der Waals surface area contributed by atoms with Crippen molar-refractivity contribution in [1.29, 1.82) is 0 Å². The molecule has 1 aliphatic rings. The smallest absolute Gasteiger partial charge is 0.256 e. The Labute approximate surface area is 142 Å². The fourth-order valence-electron chi connectivity index (χ4n) is 3.72. The van der Waals surface area contributed by atoms with Crippen LogP contribution in [0.2, 0.25) is 0 Å². The molecule has 0 aromatic carbocycles. The summed E-state index contributed by atoms with van der Waals surface area (Å²) in [5.41, 5.74) is 1.67. The van der Waals surface area contributed by atoms with Crippen LogP contribution in [-0.4, -0.2) is 43.7 Å². The maximum absolute atomic E-state index is 13.1. The van der Waals surface area contributed by atoms with E-state index in [-0.39, 0.29) is 11.9 Å². The van der Waals surface area contributed by atoms with Gasteiger partial charge in [-0.05, 0) is 58.7 Å². The van der Waals surface area contributed by atoms with Crippen LogP contribution in [0.3, 0.4) is 0 Å². The molecule has 5 heteroatoms. The second-order valence-corrected chi connectivity index (χ2v) is 7.12. The molecule has 2 aromatic heterocycles. The molecule has 5 nitrogen and oxygen atoms in total. The van der Waals surface area contributed by atoms with Crippen molar-refractivity contribution in [3.63, 3.8) is 0 Å². The van der Waals surface area contributed by atoms with Crippen LogP contribution in [0.5, 0.6) is 0 Å². The SMILES string of the molecule is Cc1cc(C(=O)N2CCCC2C(C)(C)O)c(C)n1-c1ccccn1. The third-order valence-electron chi connectivity index (χ3n) is 4.87. The van der Waals surface area contributed by atoms with Crippen LogP contribution >= 0.6 is 0 Å². The predicted molar refractivity (Wildman–Crippen MR) is 93.4 cm³/mol. The number of aryl methyl sites for hydroxylation is 1. The Balaban J connectivity index is 1.98. The van der Waals surface area contributed by atoms with Crippen LogP contribution in [0.4, 0.5) is 0 Å². The minimum atomic E-state index is -0.890. The van der Waals surface area contributed by atoms with Gasteiger partial charge in [0.2, 0.25) is 0 Å². The largest absolute Gasteiger partial charge is 0.388 e. The highest BCUT2D eigenvalue weighted by atomic mass is 16.3. The van der Waals surface area contributed by atoms with Crippen molar-refractivity contribution >= 4 is 5.91 Å². The standard InChI is InChI=1S/C19H25N3O2/c1-13-12-15(14(2)22(13)17-9-5-6-10-20-17)18(23)21-11-7-8-16(21)19(3,4)24/h5-6,9-10,12,16,24H,7-8,11H2,1-4H3. The van der Waals surface area contributed by atoms with Crippen molar-refractivity contribution in [2.45, 2.75) is 52.2 Å². The van der Waals surface area contributed by atoms with E-state index >= 15 is 0 Å². The second kappa shape index (κ2) is 6.06. The summed E-state index contributed by atoms with van der Waals surface area (Å²) in [7, 11) is 0. The molecule has 3 heterocycles. The lowest BCUT2D eigenvalue weighted by Gasteiger charge is -2.33. The van der Waals surface area contributed by atoms with Crippen molar-refractivity contribution < 1.29 is 9.90 Å². The lowest BCUT2D eigenvalue weighted by molar-refractivity contribution is 0.000304. The quantitative estimate of drug-likeness (QED) is 0.943. The zero-order valence-electron chi connectivity index (χ0n) is 14.8. The number of aliphatic hydroxyl groups is 1. The molecule has 0 bridgehead atoms. The van der Waals surface area contributed by atoms with Gasteiger partial charge in [0.15, 0.2) is 0 Å². The number of hydrogen-bond donors (Lipinski definition) is 1. The van der Waals surface area contributed by atoms with E-state index in [0.717, 1.165) is 30.0 Å². The van der Waals surface area contributed by atoms with E-state index in [9.17, 15) is 9.90 Å². The number of pyridine rings is 1. The summed E-state index contributed by atoms with van der Waals surface area (Å²) in [5.74, 6) is 0.807. The van der Waals surface area contributed by atoms with E-state index in [4.69, 9.17) is 0 Å². The van der Waals surface area contributed by atoms with Gasteiger partial charge in [-0.15, -0.1) is 0 Å². The molecule has 0 spiro atoms. The average Bonchev–Trinajstić information content (AvgIpc) is 3.12. The highest BCUT2D eigenvalue weighted by Gasteiger charge is 2.39. The molecule has 0 saturated carbocycles. The lowest BCUT2D eigenvalue weighted by Crippen LogP contribution is -2.48. The molecule has 3 rings (SSSR count). The summed E-state index contributed by atoms with van der Waals surface area (Å²) in [6.07, 6.45) is 3.52. The van der Waals surface area contributed by atoms with Gasteiger partial charge in [0.25, 0.3) is 5.91 Å². The van der Waals surface area contributed by atoms with Crippen molar-refractivity contribution in [2.24, 2.45) is 0 Å². The summed E-state index contributed by atoms with van der Waals surface area (Å²) in [5, 5.41) is 10.4. The number of rotatable bonds is 3. The van der Waals surface area contributed by atoms with Gasteiger partial charge in [0, 0.05) is 24.1 Å². The number of carbonyl (C=O) groups excluding carboxylic acids is 1. The van der Waals surface area contributed by atoms with E-state index < -0.39 is 5.60 Å². The number of likely N-dealkylation sites (tertiary alicyclic amines) is 1. The Morgan fingerprint density at radius 2 is 2.08 bits per heavy atom. The van der Waals surface area contributed by atoms with Crippen LogP contribution in [0.25, 0.3) is 5.82 Å². The van der Waals surface area contributed by atoms with Gasteiger partial charge < -0.3 is 14.6 Å². The first-order chi connectivity index (χ1) is 11.3. The molecular weight excluding hydrogens is 302 g/mol. The maximum Gasteiger partial charge on any atom is 0.256 e. The fraction of sp³-hybridized carbons (Fsp3) is 0.474. The molecule has 1 unspecified atom stereocenters. The summed E-state index contributed by atoms with van der Waals surface area (Å²) >= 11 is 0. The van der Waals surface area contributed by atoms with Gasteiger partial charge in [-0.2, -0.15) is 0 Å². The van der Waals surface area contributed by atoms with Crippen LogP contribution in [0.1, 0.15) is 48.4 Å². The molecule has 24 heavy (non-hydrogen) atoms. The third-order valence-corrected chi connectivity index (χ3v) is 4.87. The Bertz CT molecular complexity index is 744. The highest BCUT2D eigenvalue weighted by molar-refractivity contribution is 5.96. The van der Waals surface area contributed by atoms with E-state index in [0.29, 0.717) is 12.1 Å². The van der Waals surface area contributed by atoms with Crippen molar-refractivity contribution in [2.75, 3.05) is 6.54 Å². The van der Waals surface area contributed by atoms with Gasteiger partial charge in [-0.1, -0.05) is 6.07 Å². The minimum Gasteiger partial charge on any atom is -0.388 e. The number of hydrogen-bond acceptors (Lipinski definition) is 3. The first-order valence-electron chi connectivity index (χ1n) is 8.44. The van der Waals surface area contributed by atoms with E-state index in [1.165, 1.54) is 0 Å². The molecule has 1 N–H and O–H groups in total. The Morgan fingerprint density at radius 3 is 2.71 bits per heavy atom. The number of carbonyl (C=O) groups is 1. The third kappa shape index (κ3) is 2.84. The molecule has 1 aliphatic heterocycles. The number of amides is 1. The summed E-state index contributed by atoms with van der Waals surface area (Å²) in [4.78, 5) is 19.3. The van der Waals surface area contributed by atoms with Crippen LogP contribution in [0.15, 0.2) is 30.5 Å². The molecule has 2 aromatic rings. The van der Waals surface area contributed by atoms with Crippen molar-refractivity contribution in [1.82, 2.24) is 14.5 Å². The zero-order chi connectivity index (χ0) is 17.5. The van der Waals surface area contributed by atoms with Gasteiger partial charge in [-0.25, -0.2) is 4.98 Å². The maximum atomic E-state index is 13.1. The summed E-state index contributed by atoms with van der Waals surface area (Å²) < 4.78 is 2.00. The Hall–Kier alpha value is -2.14. The van der Waals surface area contributed by atoms with Gasteiger partial charge >= 0.3 is 0 Å². The predicted octanol–water partition coefficient (Wildman–Crippen LogP) is 2.86. The second-order valence-electron chi connectivity index (χ2n) is 7.12. The van der Waals surface area contributed by atoms with E-state index in [2.05, 4.69) is 4.98 Å². The first-order valence-corrected chi connectivity index (χ1v) is 8.44. The molecule has 0 aliphatic carbocycles. The van der Waals surface area contributed by atoms with Gasteiger partial charge in [0.05, 0.1) is 17.2 Å². The average molecular weight is 327 g/mol. The molecular formula is C19H25N3O2. The molecule has 128 valence electrons. The first kappa shape index (κ1) is 16.7. The normalized spacial score (nSPS) is 18.2. The number of aromatic nitrogens is 2.